The van der Waals surface area contributed by atoms with Gasteiger partial charge in [0.05, 0.1) is 32.3 Å². The maximum Gasteiger partial charge on any atom is 0.223 e. The van der Waals surface area contributed by atoms with E-state index in [4.69, 9.17) is 14.2 Å². The molecule has 0 aromatic heterocycles. The van der Waals surface area contributed by atoms with Gasteiger partial charge < -0.3 is 19.5 Å². The van der Waals surface area contributed by atoms with Gasteiger partial charge in [0.2, 0.25) is 5.91 Å². The summed E-state index contributed by atoms with van der Waals surface area (Å²) in [5.74, 6) is 2.18. The summed E-state index contributed by atoms with van der Waals surface area (Å²) in [4.78, 5) is 12.2. The number of benzene rings is 2. The Morgan fingerprint density at radius 1 is 1.19 bits per heavy atom. The van der Waals surface area contributed by atoms with Gasteiger partial charge in [-0.1, -0.05) is 28.1 Å². The Balaban J connectivity index is 1.50. The molecule has 0 spiro atoms. The van der Waals surface area contributed by atoms with E-state index in [0.717, 1.165) is 33.7 Å². The molecule has 1 heterocycles. The van der Waals surface area contributed by atoms with Crippen molar-refractivity contribution in [3.8, 4) is 17.2 Å². The maximum absolute atomic E-state index is 12.2. The zero-order valence-corrected chi connectivity index (χ0v) is 16.3. The lowest BCUT2D eigenvalue weighted by Crippen LogP contribution is -2.27. The lowest BCUT2D eigenvalue weighted by Gasteiger charge is -2.16. The quantitative estimate of drug-likeness (QED) is 0.759. The van der Waals surface area contributed by atoms with Gasteiger partial charge in [-0.3, -0.25) is 4.79 Å². The summed E-state index contributed by atoms with van der Waals surface area (Å²) in [5.41, 5.74) is 0.982. The highest BCUT2D eigenvalue weighted by Gasteiger charge is 2.15. The number of carbonyl (C=O) groups is 1. The van der Waals surface area contributed by atoms with Crippen LogP contribution in [-0.4, -0.2) is 25.7 Å². The predicted octanol–water partition coefficient (Wildman–Crippen LogP) is 4.26. The van der Waals surface area contributed by atoms with E-state index in [1.165, 1.54) is 0 Å². The van der Waals surface area contributed by atoms with Gasteiger partial charge in [0.15, 0.2) is 11.5 Å². The molecule has 0 radical (unpaired) electrons. The zero-order valence-electron chi connectivity index (χ0n) is 14.7. The van der Waals surface area contributed by atoms with E-state index < -0.39 is 0 Å². The van der Waals surface area contributed by atoms with Gasteiger partial charge in [0, 0.05) is 10.9 Å². The zero-order chi connectivity index (χ0) is 18.4. The number of rotatable bonds is 6. The highest BCUT2D eigenvalue weighted by atomic mass is 79.9. The first-order valence-corrected chi connectivity index (χ1v) is 9.48. The van der Waals surface area contributed by atoms with Gasteiger partial charge in [0.1, 0.15) is 5.75 Å². The van der Waals surface area contributed by atoms with Gasteiger partial charge in [-0.05, 0) is 42.8 Å². The molecule has 0 saturated carbocycles. The van der Waals surface area contributed by atoms with E-state index in [0.29, 0.717) is 26.2 Å². The van der Waals surface area contributed by atoms with Crippen molar-refractivity contribution in [2.45, 2.75) is 25.8 Å². The van der Waals surface area contributed by atoms with E-state index in [1.54, 1.807) is 0 Å². The van der Waals surface area contributed by atoms with Crippen molar-refractivity contribution in [2.24, 2.45) is 0 Å². The molecule has 5 nitrogen and oxygen atoms in total. The Labute approximate surface area is 161 Å². The second kappa shape index (κ2) is 8.94. The van der Waals surface area contributed by atoms with Crippen molar-refractivity contribution >= 4 is 21.8 Å². The Hall–Kier alpha value is -2.21. The first kappa shape index (κ1) is 18.6. The largest absolute Gasteiger partial charge is 0.493 e. The fraction of sp³-hybridized carbons (Fsp3) is 0.350. The highest BCUT2D eigenvalue weighted by Crippen LogP contribution is 2.32. The molecule has 0 saturated heterocycles. The van der Waals surface area contributed by atoms with Crippen LogP contribution in [0.15, 0.2) is 46.9 Å². The first-order valence-electron chi connectivity index (χ1n) is 8.69. The van der Waals surface area contributed by atoms with Crippen LogP contribution >= 0.6 is 15.9 Å². The number of fused-ring (bicyclic) bond motifs is 1. The molecule has 1 N–H and O–H groups in total. The molecule has 0 fully saturated rings. The molecule has 138 valence electrons. The third-order valence-corrected chi connectivity index (χ3v) is 4.54. The molecule has 3 rings (SSSR count). The summed E-state index contributed by atoms with van der Waals surface area (Å²) < 4.78 is 17.9. The summed E-state index contributed by atoms with van der Waals surface area (Å²) in [6.45, 7) is 3.59. The Kier molecular flexibility index (Phi) is 6.39. The van der Waals surface area contributed by atoms with Gasteiger partial charge in [-0.2, -0.15) is 0 Å². The van der Waals surface area contributed by atoms with E-state index in [2.05, 4.69) is 21.2 Å². The van der Waals surface area contributed by atoms with Crippen molar-refractivity contribution in [2.75, 3.05) is 19.8 Å². The van der Waals surface area contributed by atoms with E-state index in [-0.39, 0.29) is 11.9 Å². The predicted molar refractivity (Wildman–Crippen MR) is 103 cm³/mol. The van der Waals surface area contributed by atoms with Crippen LogP contribution in [0.4, 0.5) is 0 Å². The average molecular weight is 420 g/mol. The number of halogens is 1. The minimum Gasteiger partial charge on any atom is -0.493 e. The minimum atomic E-state index is -0.120. The smallest absolute Gasteiger partial charge is 0.223 e. The van der Waals surface area contributed by atoms with Gasteiger partial charge in [-0.15, -0.1) is 0 Å². The minimum absolute atomic E-state index is 0.0559. The molecule has 1 amide bonds. The molecule has 0 aliphatic carbocycles. The molecule has 0 bridgehead atoms. The molecule has 2 aromatic carbocycles. The average Bonchev–Trinajstić information content (AvgIpc) is 2.86. The van der Waals surface area contributed by atoms with Crippen LogP contribution in [0.25, 0.3) is 0 Å². The molecule has 1 aliphatic heterocycles. The van der Waals surface area contributed by atoms with Crippen LogP contribution in [0, 0.1) is 0 Å². The monoisotopic (exact) mass is 419 g/mol. The number of nitrogens with one attached hydrogen (secondary N) is 1. The first-order chi connectivity index (χ1) is 12.6. The van der Waals surface area contributed by atoms with Crippen molar-refractivity contribution in [1.82, 2.24) is 5.32 Å². The standard InChI is InChI=1S/C20H22BrNO4/c1-14(15-6-7-18-19(12-15)26-10-3-9-25-18)22-20(23)8-11-24-17-5-2-4-16(21)13-17/h2,4-7,12-14H,3,8-11H2,1H3,(H,22,23). The SMILES string of the molecule is CC(NC(=O)CCOc1cccc(Br)c1)c1ccc2c(c1)OCCCO2. The number of carbonyl (C=O) groups excluding carboxylic acids is 1. The van der Waals surface area contributed by atoms with Crippen molar-refractivity contribution in [3.05, 3.63) is 52.5 Å². The molecular weight excluding hydrogens is 398 g/mol. The number of hydrogen-bond donors (Lipinski definition) is 1. The van der Waals surface area contributed by atoms with E-state index in [9.17, 15) is 4.79 Å². The fourth-order valence-corrected chi connectivity index (χ4v) is 3.04. The molecule has 26 heavy (non-hydrogen) atoms. The summed E-state index contributed by atoms with van der Waals surface area (Å²) in [7, 11) is 0. The normalized spacial score (nSPS) is 14.2. The Morgan fingerprint density at radius 2 is 2.00 bits per heavy atom. The second-order valence-corrected chi connectivity index (χ2v) is 7.02. The van der Waals surface area contributed by atoms with Gasteiger partial charge >= 0.3 is 0 Å². The van der Waals surface area contributed by atoms with E-state index >= 15 is 0 Å². The third kappa shape index (κ3) is 5.14. The molecular formula is C20H22BrNO4. The lowest BCUT2D eigenvalue weighted by molar-refractivity contribution is -0.122. The summed E-state index contributed by atoms with van der Waals surface area (Å²) in [6, 6.07) is 13.2. The molecule has 1 unspecified atom stereocenters. The highest BCUT2D eigenvalue weighted by molar-refractivity contribution is 9.10. The third-order valence-electron chi connectivity index (χ3n) is 4.04. The summed E-state index contributed by atoms with van der Waals surface area (Å²) >= 11 is 3.39. The number of ether oxygens (including phenoxy) is 3. The molecule has 6 heteroatoms. The van der Waals surface area contributed by atoms with Crippen LogP contribution in [-0.2, 0) is 4.79 Å². The van der Waals surface area contributed by atoms with Crippen molar-refractivity contribution < 1.29 is 19.0 Å². The van der Waals surface area contributed by atoms with Crippen LogP contribution in [0.3, 0.4) is 0 Å². The van der Waals surface area contributed by atoms with Crippen molar-refractivity contribution in [3.63, 3.8) is 0 Å². The van der Waals surface area contributed by atoms with Crippen molar-refractivity contribution in [1.29, 1.82) is 0 Å². The summed E-state index contributed by atoms with van der Waals surface area (Å²) in [5, 5.41) is 2.99. The second-order valence-electron chi connectivity index (χ2n) is 6.10. The van der Waals surface area contributed by atoms with Crippen LogP contribution in [0.1, 0.15) is 31.4 Å². The van der Waals surface area contributed by atoms with Crippen LogP contribution in [0.2, 0.25) is 0 Å². The topological polar surface area (TPSA) is 56.8 Å². The van der Waals surface area contributed by atoms with Crippen LogP contribution in [0.5, 0.6) is 17.2 Å². The Morgan fingerprint density at radius 3 is 2.81 bits per heavy atom. The Bertz CT molecular complexity index is 765. The van der Waals surface area contributed by atoms with Gasteiger partial charge in [0.25, 0.3) is 0 Å². The molecule has 1 atom stereocenters. The molecule has 1 aliphatic rings. The van der Waals surface area contributed by atoms with Gasteiger partial charge in [-0.25, -0.2) is 0 Å². The number of hydrogen-bond acceptors (Lipinski definition) is 4. The molecule has 2 aromatic rings. The lowest BCUT2D eigenvalue weighted by atomic mass is 10.1. The fourth-order valence-electron chi connectivity index (χ4n) is 2.66. The summed E-state index contributed by atoms with van der Waals surface area (Å²) in [6.07, 6.45) is 1.16. The number of amides is 1. The van der Waals surface area contributed by atoms with Crippen LogP contribution < -0.4 is 19.5 Å². The van der Waals surface area contributed by atoms with E-state index in [1.807, 2.05) is 49.4 Å². The maximum atomic E-state index is 12.2.